The van der Waals surface area contributed by atoms with E-state index < -0.39 is 0 Å². The summed E-state index contributed by atoms with van der Waals surface area (Å²) in [4.78, 5) is 1.75. The number of nitrogens with zero attached hydrogens (tertiary/aromatic N) is 3. The molecule has 3 rings (SSSR count). The zero-order valence-corrected chi connectivity index (χ0v) is 15.4. The van der Waals surface area contributed by atoms with Crippen molar-refractivity contribution in [2.75, 3.05) is 6.54 Å². The Morgan fingerprint density at radius 1 is 1.04 bits per heavy atom. The summed E-state index contributed by atoms with van der Waals surface area (Å²) in [5, 5.41) is 13.6. The summed E-state index contributed by atoms with van der Waals surface area (Å²) in [5.41, 5.74) is 4.07. The molecule has 0 unspecified atom stereocenters. The molecule has 2 aromatic carbocycles. The van der Waals surface area contributed by atoms with Crippen molar-refractivity contribution < 1.29 is 0 Å². The van der Waals surface area contributed by atoms with Gasteiger partial charge in [0.25, 0.3) is 0 Å². The minimum atomic E-state index is 0.599. The van der Waals surface area contributed by atoms with Crippen LogP contribution in [0.5, 0.6) is 0 Å². The number of hydrogen-bond acceptors (Lipinski definition) is 3. The van der Waals surface area contributed by atoms with Crippen LogP contribution in [0.1, 0.15) is 25.1 Å². The van der Waals surface area contributed by atoms with Crippen molar-refractivity contribution in [1.82, 2.24) is 20.3 Å². The van der Waals surface area contributed by atoms with Crippen molar-refractivity contribution in [2.24, 2.45) is 5.92 Å². The molecule has 1 aromatic heterocycles. The second-order valence-electron chi connectivity index (χ2n) is 6.55. The second-order valence-corrected chi connectivity index (χ2v) is 6.98. The van der Waals surface area contributed by atoms with Gasteiger partial charge < -0.3 is 5.32 Å². The highest BCUT2D eigenvalue weighted by molar-refractivity contribution is 6.30. The molecule has 4 nitrogen and oxygen atoms in total. The largest absolute Gasteiger partial charge is 0.311 e. The van der Waals surface area contributed by atoms with E-state index in [0.29, 0.717) is 19.0 Å². The van der Waals surface area contributed by atoms with E-state index in [4.69, 9.17) is 21.8 Å². The van der Waals surface area contributed by atoms with Crippen molar-refractivity contribution in [3.63, 3.8) is 0 Å². The third-order valence-corrected chi connectivity index (χ3v) is 4.07. The Labute approximate surface area is 153 Å². The quantitative estimate of drug-likeness (QED) is 0.684. The predicted octanol–water partition coefficient (Wildman–Crippen LogP) is 4.39. The van der Waals surface area contributed by atoms with Crippen LogP contribution in [0, 0.1) is 5.92 Å². The molecule has 0 bridgehead atoms. The summed E-state index contributed by atoms with van der Waals surface area (Å²) in [6.45, 7) is 6.65. The first kappa shape index (κ1) is 17.6. The molecule has 1 N–H and O–H groups in total. The molecule has 0 amide bonds. The molecular weight excluding hydrogens is 332 g/mol. The molecule has 0 saturated heterocycles. The van der Waals surface area contributed by atoms with Crippen LogP contribution in [-0.2, 0) is 13.1 Å². The Balaban J connectivity index is 1.85. The van der Waals surface area contributed by atoms with E-state index in [-0.39, 0.29) is 0 Å². The van der Waals surface area contributed by atoms with Crippen molar-refractivity contribution in [2.45, 2.75) is 26.9 Å². The number of aromatic nitrogens is 3. The highest BCUT2D eigenvalue weighted by atomic mass is 35.5. The van der Waals surface area contributed by atoms with Crippen LogP contribution >= 0.6 is 11.6 Å². The summed E-state index contributed by atoms with van der Waals surface area (Å²) in [7, 11) is 0. The lowest BCUT2D eigenvalue weighted by Crippen LogP contribution is -2.19. The smallest absolute Gasteiger partial charge is 0.117 e. The summed E-state index contributed by atoms with van der Waals surface area (Å²) in [5.74, 6) is 0.599. The molecule has 0 aliphatic heterocycles. The third-order valence-electron chi connectivity index (χ3n) is 3.83. The number of benzene rings is 2. The van der Waals surface area contributed by atoms with E-state index in [9.17, 15) is 0 Å². The molecule has 0 aliphatic rings. The Hall–Kier alpha value is -2.17. The summed E-state index contributed by atoms with van der Waals surface area (Å²) in [6.07, 6.45) is 0. The maximum Gasteiger partial charge on any atom is 0.117 e. The number of rotatable bonds is 7. The lowest BCUT2D eigenvalue weighted by Gasteiger charge is -2.06. The summed E-state index contributed by atoms with van der Waals surface area (Å²) < 4.78 is 0. The molecule has 3 aromatic rings. The molecule has 0 radical (unpaired) electrons. The van der Waals surface area contributed by atoms with Crippen molar-refractivity contribution in [3.8, 4) is 11.3 Å². The molecule has 25 heavy (non-hydrogen) atoms. The maximum atomic E-state index is 6.08. The average molecular weight is 355 g/mol. The van der Waals surface area contributed by atoms with Crippen LogP contribution < -0.4 is 5.32 Å². The van der Waals surface area contributed by atoms with Crippen molar-refractivity contribution >= 4 is 11.6 Å². The van der Waals surface area contributed by atoms with Crippen LogP contribution in [0.25, 0.3) is 11.3 Å². The van der Waals surface area contributed by atoms with Crippen LogP contribution in [0.15, 0.2) is 54.6 Å². The van der Waals surface area contributed by atoms with Gasteiger partial charge in [-0.15, -0.1) is 0 Å². The molecule has 0 aliphatic carbocycles. The Bertz CT molecular complexity index is 812. The first-order valence-corrected chi connectivity index (χ1v) is 8.94. The van der Waals surface area contributed by atoms with Crippen LogP contribution in [-0.4, -0.2) is 21.5 Å². The van der Waals surface area contributed by atoms with Gasteiger partial charge in [-0.05, 0) is 30.2 Å². The Kier molecular flexibility index (Phi) is 5.84. The normalized spacial score (nSPS) is 11.2. The molecular formula is C20H23ClN4. The van der Waals surface area contributed by atoms with Crippen molar-refractivity contribution in [3.05, 3.63) is 70.9 Å². The van der Waals surface area contributed by atoms with Gasteiger partial charge in [0.1, 0.15) is 11.4 Å². The summed E-state index contributed by atoms with van der Waals surface area (Å²) >= 11 is 6.08. The average Bonchev–Trinajstić information content (AvgIpc) is 2.98. The van der Waals surface area contributed by atoms with Crippen molar-refractivity contribution in [1.29, 1.82) is 0 Å². The maximum absolute atomic E-state index is 6.08. The monoisotopic (exact) mass is 354 g/mol. The van der Waals surface area contributed by atoms with Crippen LogP contribution in [0.2, 0.25) is 5.02 Å². The zero-order valence-electron chi connectivity index (χ0n) is 14.6. The van der Waals surface area contributed by atoms with Gasteiger partial charge in [-0.3, -0.25) is 0 Å². The molecule has 130 valence electrons. The van der Waals surface area contributed by atoms with Gasteiger partial charge in [0.05, 0.1) is 6.54 Å². The molecule has 1 heterocycles. The molecule has 5 heteroatoms. The molecule has 0 fully saturated rings. The van der Waals surface area contributed by atoms with Gasteiger partial charge in [-0.25, -0.2) is 0 Å². The molecule has 0 saturated carbocycles. The van der Waals surface area contributed by atoms with Gasteiger partial charge in [-0.1, -0.05) is 67.9 Å². The third kappa shape index (κ3) is 4.91. The minimum Gasteiger partial charge on any atom is -0.311 e. The predicted molar refractivity (Wildman–Crippen MR) is 103 cm³/mol. The number of hydrogen-bond donors (Lipinski definition) is 1. The molecule has 0 spiro atoms. The van der Waals surface area contributed by atoms with E-state index in [0.717, 1.165) is 34.1 Å². The lowest BCUT2D eigenvalue weighted by atomic mass is 10.1. The van der Waals surface area contributed by atoms with E-state index in [2.05, 4.69) is 31.3 Å². The lowest BCUT2D eigenvalue weighted by molar-refractivity contribution is 0.537. The van der Waals surface area contributed by atoms with Gasteiger partial charge in [0.15, 0.2) is 0 Å². The van der Waals surface area contributed by atoms with Gasteiger partial charge in [-0.2, -0.15) is 15.0 Å². The van der Waals surface area contributed by atoms with Gasteiger partial charge in [0, 0.05) is 17.1 Å². The summed E-state index contributed by atoms with van der Waals surface area (Å²) in [6, 6.07) is 18.0. The number of halogens is 1. The Morgan fingerprint density at radius 3 is 2.56 bits per heavy atom. The highest BCUT2D eigenvalue weighted by Crippen LogP contribution is 2.20. The zero-order chi connectivity index (χ0) is 17.6. The Morgan fingerprint density at radius 2 is 1.84 bits per heavy atom. The fraction of sp³-hybridized carbons (Fsp3) is 0.300. The molecule has 0 atom stereocenters. The SMILES string of the molecule is CC(C)CNCc1nn(Cc2cccc(Cl)c2)nc1-c1ccccc1. The highest BCUT2D eigenvalue weighted by Gasteiger charge is 2.13. The number of nitrogens with one attached hydrogen (secondary N) is 1. The fourth-order valence-corrected chi connectivity index (χ4v) is 2.88. The first-order chi connectivity index (χ1) is 12.1. The van der Waals surface area contributed by atoms with E-state index in [1.54, 1.807) is 4.80 Å². The first-order valence-electron chi connectivity index (χ1n) is 8.56. The van der Waals surface area contributed by atoms with Crippen LogP contribution in [0.4, 0.5) is 0 Å². The van der Waals surface area contributed by atoms with Gasteiger partial charge in [0.2, 0.25) is 0 Å². The second kappa shape index (κ2) is 8.28. The topological polar surface area (TPSA) is 42.7 Å². The van der Waals surface area contributed by atoms with E-state index in [1.165, 1.54) is 0 Å². The fourth-order valence-electron chi connectivity index (χ4n) is 2.67. The van der Waals surface area contributed by atoms with E-state index >= 15 is 0 Å². The standard InChI is InChI=1S/C20H23ClN4/c1-15(2)12-22-13-19-20(17-8-4-3-5-9-17)24-25(23-19)14-16-7-6-10-18(21)11-16/h3-11,15,22H,12-14H2,1-2H3. The minimum absolute atomic E-state index is 0.599. The van der Waals surface area contributed by atoms with E-state index in [1.807, 2.05) is 42.5 Å². The van der Waals surface area contributed by atoms with Gasteiger partial charge >= 0.3 is 0 Å². The van der Waals surface area contributed by atoms with Crippen LogP contribution in [0.3, 0.4) is 0 Å².